The molecule has 0 bridgehead atoms. The van der Waals surface area contributed by atoms with Gasteiger partial charge in [0.1, 0.15) is 40.8 Å². The molecule has 15 heteroatoms. The van der Waals surface area contributed by atoms with E-state index in [1.807, 2.05) is 49.4 Å². The lowest BCUT2D eigenvalue weighted by molar-refractivity contribution is -0.143. The SMILES string of the molecule is C=C[C@@H]1C[C@]1(NC(=O)[C@@H]1C[C@@H](Oc2cc(-c3ccccc3)nc3cc(OC)ccc23)CN1C(=O)[C@@H](NC(=O)OC(C)(C)C)C(C)(C)C)C(=O)NS(=O)(=O)C1(CCCC)CC1. The van der Waals surface area contributed by atoms with Gasteiger partial charge in [-0.2, -0.15) is 0 Å². The number of pyridine rings is 1. The molecule has 0 unspecified atom stereocenters. The summed E-state index contributed by atoms with van der Waals surface area (Å²) in [5.41, 5.74) is -1.19. The Hall–Kier alpha value is -5.18. The number of ether oxygens (including phenoxy) is 3. The van der Waals surface area contributed by atoms with Crippen LogP contribution in [-0.4, -0.2) is 89.8 Å². The van der Waals surface area contributed by atoms with Crippen LogP contribution in [0, 0.1) is 11.3 Å². The van der Waals surface area contributed by atoms with E-state index < -0.39 is 79.2 Å². The first kappa shape index (κ1) is 44.4. The van der Waals surface area contributed by atoms with Crippen LogP contribution in [0.5, 0.6) is 11.5 Å². The molecule has 0 radical (unpaired) electrons. The van der Waals surface area contributed by atoms with Gasteiger partial charge >= 0.3 is 6.09 Å². The number of hydrogen-bond donors (Lipinski definition) is 3. The van der Waals surface area contributed by atoms with E-state index in [4.69, 9.17) is 19.2 Å². The van der Waals surface area contributed by atoms with Crippen molar-refractivity contribution in [3.8, 4) is 22.8 Å². The van der Waals surface area contributed by atoms with E-state index in [-0.39, 0.29) is 19.4 Å². The molecule has 3 aliphatic rings. The fourth-order valence-corrected chi connectivity index (χ4v) is 9.60. The Labute approximate surface area is 353 Å². The fraction of sp³-hybridized carbons (Fsp3) is 0.533. The number of carbonyl (C=O) groups is 4. The van der Waals surface area contributed by atoms with Crippen LogP contribution in [0.25, 0.3) is 22.2 Å². The molecule has 2 aromatic carbocycles. The molecule has 3 fully saturated rings. The number of unbranched alkanes of at least 4 members (excludes halogenated alkanes) is 1. The van der Waals surface area contributed by atoms with Gasteiger partial charge in [0.25, 0.3) is 5.91 Å². The van der Waals surface area contributed by atoms with Gasteiger partial charge < -0.3 is 29.7 Å². The lowest BCUT2D eigenvalue weighted by Crippen LogP contribution is -2.60. The van der Waals surface area contributed by atoms with Crippen LogP contribution < -0.4 is 24.8 Å². The van der Waals surface area contributed by atoms with Crippen LogP contribution in [0.2, 0.25) is 0 Å². The van der Waals surface area contributed by atoms with E-state index in [1.165, 1.54) is 11.0 Å². The number of likely N-dealkylation sites (tertiary alicyclic amines) is 1. The predicted octanol–water partition coefficient (Wildman–Crippen LogP) is 6.43. The highest BCUT2D eigenvalue weighted by molar-refractivity contribution is 7.91. The number of nitrogens with zero attached hydrogens (tertiary/aromatic N) is 2. The number of methoxy groups -OCH3 is 1. The van der Waals surface area contributed by atoms with Crippen LogP contribution in [0.4, 0.5) is 4.79 Å². The van der Waals surface area contributed by atoms with Crippen molar-refractivity contribution in [1.82, 2.24) is 25.2 Å². The van der Waals surface area contributed by atoms with E-state index >= 15 is 0 Å². The molecule has 6 rings (SSSR count). The average molecular weight is 846 g/mol. The molecule has 1 aliphatic heterocycles. The third-order valence-corrected chi connectivity index (χ3v) is 13.8. The number of benzene rings is 2. The van der Waals surface area contributed by atoms with Crippen molar-refractivity contribution < 1.29 is 41.8 Å². The molecule has 5 atom stereocenters. The van der Waals surface area contributed by atoms with Gasteiger partial charge in [0, 0.05) is 35.4 Å². The summed E-state index contributed by atoms with van der Waals surface area (Å²) < 4.78 is 46.2. The number of amides is 4. The van der Waals surface area contributed by atoms with E-state index in [9.17, 15) is 27.6 Å². The predicted molar refractivity (Wildman–Crippen MR) is 229 cm³/mol. The van der Waals surface area contributed by atoms with Crippen molar-refractivity contribution in [2.45, 2.75) is 127 Å². The zero-order chi connectivity index (χ0) is 43.8. The van der Waals surface area contributed by atoms with Gasteiger partial charge in [-0.3, -0.25) is 19.1 Å². The number of carbonyl (C=O) groups excluding carboxylic acids is 4. The minimum atomic E-state index is -4.05. The maximum Gasteiger partial charge on any atom is 0.408 e. The van der Waals surface area contributed by atoms with Crippen LogP contribution in [0.1, 0.15) is 93.4 Å². The highest BCUT2D eigenvalue weighted by Gasteiger charge is 2.63. The van der Waals surface area contributed by atoms with Crippen LogP contribution in [0.3, 0.4) is 0 Å². The number of rotatable bonds is 15. The van der Waals surface area contributed by atoms with E-state index in [1.54, 1.807) is 60.8 Å². The molecule has 14 nitrogen and oxygen atoms in total. The number of hydrogen-bond acceptors (Lipinski definition) is 10. The van der Waals surface area contributed by atoms with Crippen molar-refractivity contribution >= 4 is 44.7 Å². The summed E-state index contributed by atoms with van der Waals surface area (Å²) >= 11 is 0. The Morgan fingerprint density at radius 1 is 1.03 bits per heavy atom. The van der Waals surface area contributed by atoms with Crippen molar-refractivity contribution in [3.63, 3.8) is 0 Å². The summed E-state index contributed by atoms with van der Waals surface area (Å²) in [6.07, 6.45) is 3.00. The molecule has 2 aliphatic carbocycles. The third-order valence-electron chi connectivity index (χ3n) is 11.6. The second kappa shape index (κ2) is 16.7. The quantitative estimate of drug-likeness (QED) is 0.144. The van der Waals surface area contributed by atoms with Crippen molar-refractivity contribution in [1.29, 1.82) is 0 Å². The molecule has 2 heterocycles. The van der Waals surface area contributed by atoms with Crippen molar-refractivity contribution in [2.24, 2.45) is 11.3 Å². The van der Waals surface area contributed by atoms with Gasteiger partial charge in [0.05, 0.1) is 29.6 Å². The number of sulfonamides is 1. The van der Waals surface area contributed by atoms with Crippen LogP contribution >= 0.6 is 0 Å². The molecule has 4 amide bonds. The molecular formula is C45H59N5O9S. The number of nitrogens with one attached hydrogen (secondary N) is 3. The minimum Gasteiger partial charge on any atom is -0.497 e. The Balaban J connectivity index is 1.34. The lowest BCUT2D eigenvalue weighted by atomic mass is 9.85. The zero-order valence-electron chi connectivity index (χ0n) is 35.9. The van der Waals surface area contributed by atoms with E-state index in [0.717, 1.165) is 12.0 Å². The molecule has 1 saturated heterocycles. The van der Waals surface area contributed by atoms with Gasteiger partial charge in [-0.15, -0.1) is 6.58 Å². The first-order valence-electron chi connectivity index (χ1n) is 20.7. The number of aromatic nitrogens is 1. The van der Waals surface area contributed by atoms with Crippen LogP contribution in [-0.2, 0) is 29.1 Å². The third kappa shape index (κ3) is 9.40. The standard InChI is InChI=1S/C45H59N5O9S/c1-10-12-20-44(21-22-44)60(55,56)49-40(53)45(26-29(45)11-2)48-38(51)35-24-31(27-50(35)39(52)37(42(3,4)5)47-41(54)59-43(6,7)8)58-36-25-33(28-16-14-13-15-17-28)46-34-23-30(57-9)18-19-32(34)36/h11,13-19,23,25,29,31,35,37H,2,10,12,20-22,24,26-27H2,1,3-9H3,(H,47,54)(H,48,51)(H,49,53)/t29-,31-,35+,37-,45-/m1/s1. The molecule has 60 heavy (non-hydrogen) atoms. The molecule has 3 aromatic rings. The second-order valence-corrected chi connectivity index (χ2v) is 20.5. The Morgan fingerprint density at radius 3 is 2.32 bits per heavy atom. The second-order valence-electron chi connectivity index (χ2n) is 18.4. The Bertz CT molecular complexity index is 2250. The molecule has 1 aromatic heterocycles. The molecule has 3 N–H and O–H groups in total. The topological polar surface area (TPSA) is 182 Å². The molecule has 2 saturated carbocycles. The van der Waals surface area contributed by atoms with Gasteiger partial charge in [-0.25, -0.2) is 18.2 Å². The van der Waals surface area contributed by atoms with E-state index in [0.29, 0.717) is 53.8 Å². The fourth-order valence-electron chi connectivity index (χ4n) is 7.90. The smallest absolute Gasteiger partial charge is 0.408 e. The summed E-state index contributed by atoms with van der Waals surface area (Å²) in [4.78, 5) is 62.8. The maximum absolute atomic E-state index is 14.8. The van der Waals surface area contributed by atoms with Gasteiger partial charge in [-0.05, 0) is 64.0 Å². The molecule has 324 valence electrons. The summed E-state index contributed by atoms with van der Waals surface area (Å²) in [5, 5.41) is 6.29. The summed E-state index contributed by atoms with van der Waals surface area (Å²) in [6.45, 7) is 16.3. The van der Waals surface area contributed by atoms with Gasteiger partial charge in [-0.1, -0.05) is 76.9 Å². The highest BCUT2D eigenvalue weighted by atomic mass is 32.2. The van der Waals surface area contributed by atoms with Crippen molar-refractivity contribution in [2.75, 3.05) is 13.7 Å². The maximum atomic E-state index is 14.8. The number of fused-ring (bicyclic) bond motifs is 1. The minimum absolute atomic E-state index is 0.0103. The van der Waals surface area contributed by atoms with Gasteiger partial charge in [0.15, 0.2) is 0 Å². The number of alkyl carbamates (subject to hydrolysis) is 1. The van der Waals surface area contributed by atoms with Gasteiger partial charge in [0.2, 0.25) is 21.8 Å². The average Bonchev–Trinajstić information content (AvgIpc) is 4.09. The summed E-state index contributed by atoms with van der Waals surface area (Å²) in [6, 6.07) is 14.5. The first-order valence-corrected chi connectivity index (χ1v) is 22.2. The Morgan fingerprint density at radius 2 is 1.73 bits per heavy atom. The largest absolute Gasteiger partial charge is 0.497 e. The highest BCUT2D eigenvalue weighted by Crippen LogP contribution is 2.49. The zero-order valence-corrected chi connectivity index (χ0v) is 36.7. The Kier molecular flexibility index (Phi) is 12.4. The van der Waals surface area contributed by atoms with Crippen LogP contribution in [0.15, 0.2) is 67.3 Å². The normalized spacial score (nSPS) is 22.6. The summed E-state index contributed by atoms with van der Waals surface area (Å²) in [7, 11) is -2.48. The van der Waals surface area contributed by atoms with E-state index in [2.05, 4.69) is 21.9 Å². The molecular weight excluding hydrogens is 787 g/mol. The monoisotopic (exact) mass is 845 g/mol. The first-order chi connectivity index (χ1) is 28.2. The summed E-state index contributed by atoms with van der Waals surface area (Å²) in [5.74, 6) is -1.55. The lowest BCUT2D eigenvalue weighted by Gasteiger charge is -2.36. The van der Waals surface area contributed by atoms with Crippen molar-refractivity contribution in [3.05, 3.63) is 67.3 Å². The molecule has 0 spiro atoms.